The number of aliphatic hydroxyl groups excluding tert-OH is 1. The summed E-state index contributed by atoms with van der Waals surface area (Å²) in [6, 6.07) is 3.55. The Kier molecular flexibility index (Phi) is 2.37. The third-order valence-electron chi connectivity index (χ3n) is 1.78. The Labute approximate surface area is 81.2 Å². The molecule has 74 valence electrons. The molecule has 0 spiro atoms. The molecule has 0 aromatic carbocycles. The molecule has 0 aliphatic heterocycles. The smallest absolute Gasteiger partial charge is 0.262 e. The number of nitrogens with zero attached hydrogens (tertiary/aromatic N) is 1. The molecular weight excluding hydrogens is 182 g/mol. The van der Waals surface area contributed by atoms with E-state index in [4.69, 9.17) is 13.9 Å². The van der Waals surface area contributed by atoms with Gasteiger partial charge in [-0.2, -0.15) is 0 Å². The van der Waals surface area contributed by atoms with Gasteiger partial charge in [0.15, 0.2) is 5.76 Å². The van der Waals surface area contributed by atoms with E-state index in [9.17, 15) is 0 Å². The molecule has 0 saturated heterocycles. The standard InChI is InChI=1S/C10H11NO3/c1-7(12)5-8-6-11-10(14-8)9-3-2-4-13-9/h2-4,6-7,12H,5H2,1H3. The fourth-order valence-corrected chi connectivity index (χ4v) is 1.21. The van der Waals surface area contributed by atoms with Crippen LogP contribution in [0.5, 0.6) is 0 Å². The van der Waals surface area contributed by atoms with Crippen molar-refractivity contribution in [3.05, 3.63) is 30.4 Å². The van der Waals surface area contributed by atoms with Gasteiger partial charge in [0.25, 0.3) is 5.89 Å². The molecule has 0 bridgehead atoms. The molecule has 1 atom stereocenters. The minimum absolute atomic E-state index is 0.424. The zero-order chi connectivity index (χ0) is 9.97. The Morgan fingerprint density at radius 3 is 3.07 bits per heavy atom. The van der Waals surface area contributed by atoms with Crippen molar-refractivity contribution in [2.75, 3.05) is 0 Å². The van der Waals surface area contributed by atoms with Crippen molar-refractivity contribution in [1.29, 1.82) is 0 Å². The van der Waals surface area contributed by atoms with Crippen LogP contribution in [0.15, 0.2) is 33.4 Å². The monoisotopic (exact) mass is 193 g/mol. The van der Waals surface area contributed by atoms with Crippen molar-refractivity contribution >= 4 is 0 Å². The summed E-state index contributed by atoms with van der Waals surface area (Å²) in [5.74, 6) is 1.71. The summed E-state index contributed by atoms with van der Waals surface area (Å²) in [6.07, 6.45) is 3.21. The highest BCUT2D eigenvalue weighted by atomic mass is 16.4. The maximum Gasteiger partial charge on any atom is 0.262 e. The van der Waals surface area contributed by atoms with E-state index in [0.717, 1.165) is 0 Å². The van der Waals surface area contributed by atoms with E-state index >= 15 is 0 Å². The number of furan rings is 1. The largest absolute Gasteiger partial charge is 0.459 e. The van der Waals surface area contributed by atoms with Crippen LogP contribution in [0, 0.1) is 0 Å². The Hall–Kier alpha value is -1.55. The zero-order valence-electron chi connectivity index (χ0n) is 7.80. The van der Waals surface area contributed by atoms with Gasteiger partial charge in [0.1, 0.15) is 5.76 Å². The van der Waals surface area contributed by atoms with Crippen molar-refractivity contribution in [3.63, 3.8) is 0 Å². The molecule has 0 aliphatic rings. The van der Waals surface area contributed by atoms with Crippen LogP contribution in [0.25, 0.3) is 11.7 Å². The molecule has 2 aromatic rings. The van der Waals surface area contributed by atoms with Gasteiger partial charge >= 0.3 is 0 Å². The molecule has 1 unspecified atom stereocenters. The van der Waals surface area contributed by atoms with Crippen LogP contribution >= 0.6 is 0 Å². The lowest BCUT2D eigenvalue weighted by Gasteiger charge is -1.97. The normalized spacial score (nSPS) is 13.0. The fraction of sp³-hybridized carbons (Fsp3) is 0.300. The molecule has 0 radical (unpaired) electrons. The van der Waals surface area contributed by atoms with Crippen LogP contribution in [-0.2, 0) is 6.42 Å². The van der Waals surface area contributed by atoms with E-state index in [2.05, 4.69) is 4.98 Å². The second-order valence-electron chi connectivity index (χ2n) is 3.16. The molecule has 1 N–H and O–H groups in total. The first-order valence-electron chi connectivity index (χ1n) is 4.42. The zero-order valence-corrected chi connectivity index (χ0v) is 7.80. The fourth-order valence-electron chi connectivity index (χ4n) is 1.21. The van der Waals surface area contributed by atoms with Gasteiger partial charge in [-0.15, -0.1) is 0 Å². The molecule has 4 nitrogen and oxygen atoms in total. The lowest BCUT2D eigenvalue weighted by atomic mass is 10.2. The number of aromatic nitrogens is 1. The molecular formula is C10H11NO3. The third-order valence-corrected chi connectivity index (χ3v) is 1.78. The SMILES string of the molecule is CC(O)Cc1cnc(-c2ccco2)o1. The highest BCUT2D eigenvalue weighted by molar-refractivity contribution is 5.43. The van der Waals surface area contributed by atoms with Crippen molar-refractivity contribution in [3.8, 4) is 11.7 Å². The lowest BCUT2D eigenvalue weighted by molar-refractivity contribution is 0.187. The Bertz CT molecular complexity index is 389. The van der Waals surface area contributed by atoms with Gasteiger partial charge in [0, 0.05) is 6.42 Å². The van der Waals surface area contributed by atoms with Crippen molar-refractivity contribution in [1.82, 2.24) is 4.98 Å². The van der Waals surface area contributed by atoms with E-state index in [1.54, 1.807) is 31.5 Å². The number of hydrogen-bond acceptors (Lipinski definition) is 4. The van der Waals surface area contributed by atoms with Crippen LogP contribution in [-0.4, -0.2) is 16.2 Å². The van der Waals surface area contributed by atoms with Gasteiger partial charge < -0.3 is 13.9 Å². The van der Waals surface area contributed by atoms with Gasteiger partial charge in [0.2, 0.25) is 0 Å². The summed E-state index contributed by atoms with van der Waals surface area (Å²) in [4.78, 5) is 4.04. The highest BCUT2D eigenvalue weighted by Gasteiger charge is 2.09. The molecule has 14 heavy (non-hydrogen) atoms. The van der Waals surface area contributed by atoms with Gasteiger partial charge in [-0.1, -0.05) is 0 Å². The molecule has 2 rings (SSSR count). The maximum absolute atomic E-state index is 9.13. The highest BCUT2D eigenvalue weighted by Crippen LogP contribution is 2.19. The molecule has 0 amide bonds. The van der Waals surface area contributed by atoms with Gasteiger partial charge in [-0.25, -0.2) is 4.98 Å². The summed E-state index contributed by atoms with van der Waals surface area (Å²) in [5, 5.41) is 9.13. The van der Waals surface area contributed by atoms with Crippen LogP contribution in [0.4, 0.5) is 0 Å². The van der Waals surface area contributed by atoms with E-state index in [1.165, 1.54) is 0 Å². The molecule has 4 heteroatoms. The van der Waals surface area contributed by atoms with E-state index in [1.807, 2.05) is 0 Å². The first kappa shape index (κ1) is 9.02. The Balaban J connectivity index is 2.18. The van der Waals surface area contributed by atoms with E-state index in [-0.39, 0.29) is 0 Å². The average molecular weight is 193 g/mol. The second-order valence-corrected chi connectivity index (χ2v) is 3.16. The van der Waals surface area contributed by atoms with Crippen LogP contribution < -0.4 is 0 Å². The number of rotatable bonds is 3. The molecule has 2 heterocycles. The molecule has 2 aromatic heterocycles. The first-order valence-corrected chi connectivity index (χ1v) is 4.42. The molecule has 0 saturated carbocycles. The summed E-state index contributed by atoms with van der Waals surface area (Å²) < 4.78 is 10.5. The topological polar surface area (TPSA) is 59.4 Å². The van der Waals surface area contributed by atoms with E-state index in [0.29, 0.717) is 23.8 Å². The minimum Gasteiger partial charge on any atom is -0.459 e. The Morgan fingerprint density at radius 2 is 2.43 bits per heavy atom. The number of aliphatic hydroxyl groups is 1. The quantitative estimate of drug-likeness (QED) is 0.808. The summed E-state index contributed by atoms with van der Waals surface area (Å²) in [7, 11) is 0. The van der Waals surface area contributed by atoms with Crippen LogP contribution in [0.2, 0.25) is 0 Å². The van der Waals surface area contributed by atoms with Crippen molar-refractivity contribution < 1.29 is 13.9 Å². The number of hydrogen-bond donors (Lipinski definition) is 1. The maximum atomic E-state index is 9.13. The van der Waals surface area contributed by atoms with E-state index < -0.39 is 6.10 Å². The minimum atomic E-state index is -0.424. The lowest BCUT2D eigenvalue weighted by Crippen LogP contribution is -2.02. The predicted octanol–water partition coefficient (Wildman–Crippen LogP) is 1.86. The van der Waals surface area contributed by atoms with Crippen LogP contribution in [0.3, 0.4) is 0 Å². The number of oxazole rings is 1. The van der Waals surface area contributed by atoms with Gasteiger partial charge in [-0.05, 0) is 19.1 Å². The molecule has 0 fully saturated rings. The summed E-state index contributed by atoms with van der Waals surface area (Å²) in [5.41, 5.74) is 0. The van der Waals surface area contributed by atoms with Crippen molar-refractivity contribution in [2.45, 2.75) is 19.4 Å². The third kappa shape index (κ3) is 1.85. The first-order chi connectivity index (χ1) is 6.75. The van der Waals surface area contributed by atoms with Gasteiger partial charge in [0.05, 0.1) is 18.6 Å². The summed E-state index contributed by atoms with van der Waals surface area (Å²) in [6.45, 7) is 1.70. The van der Waals surface area contributed by atoms with Crippen LogP contribution in [0.1, 0.15) is 12.7 Å². The van der Waals surface area contributed by atoms with Crippen molar-refractivity contribution in [2.24, 2.45) is 0 Å². The molecule has 0 aliphatic carbocycles. The second kappa shape index (κ2) is 3.67. The summed E-state index contributed by atoms with van der Waals surface area (Å²) >= 11 is 0. The predicted molar refractivity (Wildman–Crippen MR) is 49.6 cm³/mol. The average Bonchev–Trinajstić information content (AvgIpc) is 2.69. The Morgan fingerprint density at radius 1 is 1.57 bits per heavy atom. The van der Waals surface area contributed by atoms with Gasteiger partial charge in [-0.3, -0.25) is 0 Å².